The summed E-state index contributed by atoms with van der Waals surface area (Å²) in [7, 11) is 0. The van der Waals surface area contributed by atoms with E-state index < -0.39 is 5.97 Å². The number of carboxylic acid groups (broad SMARTS) is 1. The van der Waals surface area contributed by atoms with Gasteiger partial charge in [0.1, 0.15) is 5.75 Å². The number of carbonyl (C=O) groups is 1. The first-order valence-corrected chi connectivity index (χ1v) is 6.14. The first-order valence-electron chi connectivity index (χ1n) is 4.91. The third kappa shape index (κ3) is 5.06. The molecule has 4 nitrogen and oxygen atoms in total. The Morgan fingerprint density at radius 1 is 1.47 bits per heavy atom. The van der Waals surface area contributed by atoms with Crippen LogP contribution < -0.4 is 4.74 Å². The third-order valence-electron chi connectivity index (χ3n) is 1.66. The molecule has 0 aliphatic carbocycles. The standard InChI is InChI=1S/C11H12O4S2/c1-2-14-11(16)17-9-6-4-3-5-8(9)15-7-10(12)13/h3-6H,2,7H2,1H3,(H,12,13). The summed E-state index contributed by atoms with van der Waals surface area (Å²) in [5.41, 5.74) is 0. The molecule has 1 aromatic rings. The predicted molar refractivity (Wildman–Crippen MR) is 69.7 cm³/mol. The topological polar surface area (TPSA) is 55.8 Å². The first kappa shape index (κ1) is 13.8. The molecule has 0 amide bonds. The molecule has 17 heavy (non-hydrogen) atoms. The molecule has 0 aromatic heterocycles. The molecule has 0 radical (unpaired) electrons. The average molecular weight is 272 g/mol. The van der Waals surface area contributed by atoms with Crippen molar-refractivity contribution in [3.05, 3.63) is 24.3 Å². The quantitative estimate of drug-likeness (QED) is 0.656. The van der Waals surface area contributed by atoms with Gasteiger partial charge in [-0.3, -0.25) is 0 Å². The van der Waals surface area contributed by atoms with Crippen LogP contribution in [0, 0.1) is 0 Å². The minimum atomic E-state index is -1.02. The number of rotatable bonds is 5. The van der Waals surface area contributed by atoms with E-state index in [1.807, 2.05) is 13.0 Å². The monoisotopic (exact) mass is 272 g/mol. The second-order valence-electron chi connectivity index (χ2n) is 2.91. The van der Waals surface area contributed by atoms with E-state index in [4.69, 9.17) is 26.8 Å². The molecule has 1 rings (SSSR count). The van der Waals surface area contributed by atoms with Crippen LogP contribution in [0.2, 0.25) is 0 Å². The fourth-order valence-electron chi connectivity index (χ4n) is 1.03. The summed E-state index contributed by atoms with van der Waals surface area (Å²) in [5.74, 6) is -0.529. The van der Waals surface area contributed by atoms with E-state index in [-0.39, 0.29) is 6.61 Å². The maximum atomic E-state index is 10.4. The number of hydrogen-bond acceptors (Lipinski definition) is 5. The largest absolute Gasteiger partial charge is 0.481 e. The summed E-state index contributed by atoms with van der Waals surface area (Å²) in [5, 5.41) is 8.55. The van der Waals surface area contributed by atoms with E-state index in [9.17, 15) is 4.79 Å². The van der Waals surface area contributed by atoms with E-state index in [2.05, 4.69) is 0 Å². The summed E-state index contributed by atoms with van der Waals surface area (Å²) in [4.78, 5) is 11.2. The molecule has 92 valence electrons. The van der Waals surface area contributed by atoms with Crippen molar-refractivity contribution in [3.8, 4) is 5.75 Å². The summed E-state index contributed by atoms with van der Waals surface area (Å²) in [6.45, 7) is 1.97. The number of aliphatic carboxylic acids is 1. The zero-order chi connectivity index (χ0) is 12.7. The van der Waals surface area contributed by atoms with Gasteiger partial charge in [0.15, 0.2) is 6.61 Å². The lowest BCUT2D eigenvalue weighted by Gasteiger charge is -2.09. The minimum Gasteiger partial charge on any atom is -0.481 e. The molecule has 0 bridgehead atoms. The Bertz CT molecular complexity index is 406. The van der Waals surface area contributed by atoms with Crippen LogP contribution in [0.1, 0.15) is 6.92 Å². The SMILES string of the molecule is CCOC(=S)Sc1ccccc1OCC(=O)O. The van der Waals surface area contributed by atoms with Gasteiger partial charge in [-0.15, -0.1) is 0 Å². The molecule has 0 atom stereocenters. The van der Waals surface area contributed by atoms with Crippen molar-refractivity contribution >= 4 is 34.3 Å². The van der Waals surface area contributed by atoms with Gasteiger partial charge in [-0.1, -0.05) is 12.1 Å². The van der Waals surface area contributed by atoms with Crippen LogP contribution in [0.5, 0.6) is 5.75 Å². The van der Waals surface area contributed by atoms with Crippen LogP contribution >= 0.6 is 24.0 Å². The molecule has 1 N–H and O–H groups in total. The maximum absolute atomic E-state index is 10.4. The molecule has 0 spiro atoms. The molecular weight excluding hydrogens is 260 g/mol. The predicted octanol–water partition coefficient (Wildman–Crippen LogP) is 2.56. The van der Waals surface area contributed by atoms with Gasteiger partial charge in [0.25, 0.3) is 0 Å². The van der Waals surface area contributed by atoms with Gasteiger partial charge in [-0.25, -0.2) is 4.79 Å². The molecule has 0 fully saturated rings. The summed E-state index contributed by atoms with van der Waals surface area (Å²) < 4.78 is 10.7. The Morgan fingerprint density at radius 3 is 2.82 bits per heavy atom. The van der Waals surface area contributed by atoms with Gasteiger partial charge in [0, 0.05) is 0 Å². The van der Waals surface area contributed by atoms with E-state index >= 15 is 0 Å². The number of ether oxygens (including phenoxy) is 2. The Hall–Kier alpha value is -1.27. The van der Waals surface area contributed by atoms with Crippen molar-refractivity contribution in [2.24, 2.45) is 0 Å². The van der Waals surface area contributed by atoms with Crippen molar-refractivity contribution in [1.82, 2.24) is 0 Å². The van der Waals surface area contributed by atoms with Crippen molar-refractivity contribution < 1.29 is 19.4 Å². The fourth-order valence-corrected chi connectivity index (χ4v) is 2.15. The minimum absolute atomic E-state index is 0.376. The number of hydrogen-bond donors (Lipinski definition) is 1. The highest BCUT2D eigenvalue weighted by molar-refractivity contribution is 8.22. The number of carboxylic acids is 1. The molecule has 0 saturated heterocycles. The number of thioether (sulfide) groups is 1. The van der Waals surface area contributed by atoms with Gasteiger partial charge in [0.05, 0.1) is 11.5 Å². The molecule has 0 unspecified atom stereocenters. The zero-order valence-electron chi connectivity index (χ0n) is 9.21. The van der Waals surface area contributed by atoms with Crippen LogP contribution in [-0.4, -0.2) is 28.7 Å². The lowest BCUT2D eigenvalue weighted by molar-refractivity contribution is -0.139. The zero-order valence-corrected chi connectivity index (χ0v) is 10.8. The van der Waals surface area contributed by atoms with Crippen LogP contribution in [-0.2, 0) is 9.53 Å². The first-order chi connectivity index (χ1) is 8.13. The van der Waals surface area contributed by atoms with Gasteiger partial charge < -0.3 is 14.6 Å². The van der Waals surface area contributed by atoms with Gasteiger partial charge in [-0.2, -0.15) is 0 Å². The van der Waals surface area contributed by atoms with Gasteiger partial charge >= 0.3 is 5.97 Å². The van der Waals surface area contributed by atoms with Crippen LogP contribution in [0.4, 0.5) is 0 Å². The van der Waals surface area contributed by atoms with E-state index in [0.717, 1.165) is 4.90 Å². The van der Waals surface area contributed by atoms with Crippen molar-refractivity contribution in [1.29, 1.82) is 0 Å². The van der Waals surface area contributed by atoms with Gasteiger partial charge in [0.2, 0.25) is 4.38 Å². The maximum Gasteiger partial charge on any atom is 0.341 e. The highest BCUT2D eigenvalue weighted by Crippen LogP contribution is 2.30. The van der Waals surface area contributed by atoms with Crippen LogP contribution in [0.25, 0.3) is 0 Å². The molecule has 0 heterocycles. The van der Waals surface area contributed by atoms with Crippen LogP contribution in [0.3, 0.4) is 0 Å². The summed E-state index contributed by atoms with van der Waals surface area (Å²) in [6, 6.07) is 7.09. The van der Waals surface area contributed by atoms with Crippen molar-refractivity contribution in [2.45, 2.75) is 11.8 Å². The Balaban J connectivity index is 2.70. The summed E-state index contributed by atoms with van der Waals surface area (Å²) >= 11 is 6.24. The van der Waals surface area contributed by atoms with Crippen LogP contribution in [0.15, 0.2) is 29.2 Å². The summed E-state index contributed by atoms with van der Waals surface area (Å²) in [6.07, 6.45) is 0. The highest BCUT2D eigenvalue weighted by Gasteiger charge is 2.08. The molecule has 1 aromatic carbocycles. The average Bonchev–Trinajstić information content (AvgIpc) is 2.28. The number of benzene rings is 1. The van der Waals surface area contributed by atoms with Crippen molar-refractivity contribution in [3.63, 3.8) is 0 Å². The second-order valence-corrected chi connectivity index (χ2v) is 4.56. The highest BCUT2D eigenvalue weighted by atomic mass is 32.2. The Labute approximate surface area is 109 Å². The van der Waals surface area contributed by atoms with Gasteiger partial charge in [-0.05, 0) is 43.0 Å². The van der Waals surface area contributed by atoms with Crippen molar-refractivity contribution in [2.75, 3.05) is 13.2 Å². The normalized spacial score (nSPS) is 9.71. The number of thiocarbonyl (C=S) groups is 1. The number of para-hydroxylation sites is 1. The molecule has 0 saturated carbocycles. The molecular formula is C11H12O4S2. The van der Waals surface area contributed by atoms with E-state index in [1.54, 1.807) is 18.2 Å². The Kier molecular flexibility index (Phi) is 5.79. The third-order valence-corrected chi connectivity index (χ3v) is 2.87. The lowest BCUT2D eigenvalue weighted by Crippen LogP contribution is -2.10. The fraction of sp³-hybridized carbons (Fsp3) is 0.273. The Morgan fingerprint density at radius 2 is 2.18 bits per heavy atom. The van der Waals surface area contributed by atoms with E-state index in [0.29, 0.717) is 16.7 Å². The van der Waals surface area contributed by atoms with E-state index in [1.165, 1.54) is 11.8 Å². The molecule has 0 aliphatic rings. The smallest absolute Gasteiger partial charge is 0.341 e. The second kappa shape index (κ2) is 7.13. The molecule has 0 aliphatic heterocycles. The molecule has 6 heteroatoms. The lowest BCUT2D eigenvalue weighted by atomic mass is 10.3.